The summed E-state index contributed by atoms with van der Waals surface area (Å²) >= 11 is 0. The molecule has 0 fully saturated rings. The fourth-order valence-electron chi connectivity index (χ4n) is 2.60. The number of benzene rings is 2. The summed E-state index contributed by atoms with van der Waals surface area (Å²) in [5.74, 6) is -0.225. The Hall–Kier alpha value is -2.15. The minimum absolute atomic E-state index is 0.0195. The topological polar surface area (TPSA) is 47.3 Å². The molecular formula is C19H22N2O. The van der Waals surface area contributed by atoms with Crippen LogP contribution in [0.4, 0.5) is 0 Å². The highest BCUT2D eigenvalue weighted by atomic mass is 16.3. The zero-order chi connectivity index (χ0) is 15.8. The Balaban J connectivity index is 2.21. The second-order valence-electron chi connectivity index (χ2n) is 5.54. The summed E-state index contributed by atoms with van der Waals surface area (Å²) in [6, 6.07) is 22.4. The van der Waals surface area contributed by atoms with Gasteiger partial charge in [0.25, 0.3) is 0 Å². The lowest BCUT2D eigenvalue weighted by atomic mass is 10.0. The van der Waals surface area contributed by atoms with E-state index in [1.807, 2.05) is 43.3 Å². The molecule has 0 radical (unpaired) electrons. The molecule has 3 heteroatoms. The van der Waals surface area contributed by atoms with Crippen LogP contribution in [0.3, 0.4) is 0 Å². The van der Waals surface area contributed by atoms with Crippen molar-refractivity contribution in [2.75, 3.05) is 6.61 Å². The molecule has 1 N–H and O–H groups in total. The van der Waals surface area contributed by atoms with Crippen molar-refractivity contribution >= 4 is 0 Å². The highest BCUT2D eigenvalue weighted by Gasteiger charge is 2.24. The molecule has 3 nitrogen and oxygen atoms in total. The number of aliphatic hydroxyl groups excluding tert-OH is 1. The van der Waals surface area contributed by atoms with Gasteiger partial charge in [0.2, 0.25) is 0 Å². The molecule has 2 rings (SSSR count). The van der Waals surface area contributed by atoms with E-state index in [0.717, 1.165) is 0 Å². The summed E-state index contributed by atoms with van der Waals surface area (Å²) in [7, 11) is 0. The van der Waals surface area contributed by atoms with Crippen molar-refractivity contribution in [3.63, 3.8) is 0 Å². The molecule has 0 amide bonds. The van der Waals surface area contributed by atoms with E-state index in [9.17, 15) is 10.4 Å². The number of nitriles is 1. The van der Waals surface area contributed by atoms with Crippen LogP contribution in [0, 0.1) is 17.2 Å². The van der Waals surface area contributed by atoms with Crippen LogP contribution in [0.1, 0.15) is 18.1 Å². The second-order valence-corrected chi connectivity index (χ2v) is 5.54. The van der Waals surface area contributed by atoms with Crippen molar-refractivity contribution < 1.29 is 5.11 Å². The molecule has 0 aromatic heterocycles. The molecule has 0 saturated heterocycles. The Morgan fingerprint density at radius 2 is 1.41 bits per heavy atom. The molecule has 0 spiro atoms. The first-order valence-corrected chi connectivity index (χ1v) is 7.57. The maximum Gasteiger partial charge on any atom is 0.0670 e. The van der Waals surface area contributed by atoms with Gasteiger partial charge < -0.3 is 5.11 Å². The predicted molar refractivity (Wildman–Crippen MR) is 87.8 cm³/mol. The van der Waals surface area contributed by atoms with Crippen LogP contribution in [0.15, 0.2) is 60.7 Å². The Morgan fingerprint density at radius 1 is 0.955 bits per heavy atom. The first-order chi connectivity index (χ1) is 10.7. The quantitative estimate of drug-likeness (QED) is 0.853. The smallest absolute Gasteiger partial charge is 0.0670 e. The monoisotopic (exact) mass is 294 g/mol. The molecule has 0 saturated carbocycles. The van der Waals surface area contributed by atoms with Gasteiger partial charge in [-0.1, -0.05) is 60.7 Å². The Bertz CT molecular complexity index is 550. The van der Waals surface area contributed by atoms with Crippen LogP contribution in [-0.2, 0) is 13.1 Å². The van der Waals surface area contributed by atoms with Crippen LogP contribution >= 0.6 is 0 Å². The van der Waals surface area contributed by atoms with E-state index in [4.69, 9.17) is 0 Å². The molecule has 22 heavy (non-hydrogen) atoms. The summed E-state index contributed by atoms with van der Waals surface area (Å²) in [4.78, 5) is 2.18. The molecule has 0 bridgehead atoms. The summed E-state index contributed by atoms with van der Waals surface area (Å²) in [6.07, 6.45) is 0. The molecule has 0 aliphatic carbocycles. The molecule has 2 atom stereocenters. The van der Waals surface area contributed by atoms with Crippen molar-refractivity contribution in [1.29, 1.82) is 5.26 Å². The number of hydrogen-bond acceptors (Lipinski definition) is 3. The Labute approximate surface area is 132 Å². The van der Waals surface area contributed by atoms with Crippen LogP contribution < -0.4 is 0 Å². The number of nitrogens with zero attached hydrogens (tertiary/aromatic N) is 2. The van der Waals surface area contributed by atoms with Crippen LogP contribution in [0.25, 0.3) is 0 Å². The lowest BCUT2D eigenvalue weighted by Gasteiger charge is -2.32. The van der Waals surface area contributed by atoms with Gasteiger partial charge in [-0.2, -0.15) is 5.26 Å². The molecular weight excluding hydrogens is 272 g/mol. The van der Waals surface area contributed by atoms with Gasteiger partial charge in [-0.05, 0) is 18.1 Å². The third kappa shape index (κ3) is 4.42. The van der Waals surface area contributed by atoms with Crippen LogP contribution in [0.5, 0.6) is 0 Å². The molecule has 0 heterocycles. The van der Waals surface area contributed by atoms with Gasteiger partial charge in [-0.3, -0.25) is 4.90 Å². The van der Waals surface area contributed by atoms with Crippen molar-refractivity contribution in [3.05, 3.63) is 71.8 Å². The number of aliphatic hydroxyl groups is 1. The third-order valence-electron chi connectivity index (χ3n) is 3.89. The zero-order valence-corrected chi connectivity index (χ0v) is 12.9. The van der Waals surface area contributed by atoms with Gasteiger partial charge in [0.15, 0.2) is 0 Å². The fourth-order valence-corrected chi connectivity index (χ4v) is 2.60. The first kappa shape index (κ1) is 16.2. The van der Waals surface area contributed by atoms with Gasteiger partial charge >= 0.3 is 0 Å². The van der Waals surface area contributed by atoms with E-state index in [-0.39, 0.29) is 18.6 Å². The SMILES string of the molecule is C[C@H](C#N)[C@H](CO)N(Cc1ccccc1)Cc1ccccc1. The summed E-state index contributed by atoms with van der Waals surface area (Å²) in [5, 5.41) is 19.0. The van der Waals surface area contributed by atoms with Crippen molar-refractivity contribution in [3.8, 4) is 6.07 Å². The molecule has 0 aliphatic heterocycles. The Kier molecular flexibility index (Phi) is 6.14. The number of hydrogen-bond donors (Lipinski definition) is 1. The number of rotatable bonds is 7. The summed E-state index contributed by atoms with van der Waals surface area (Å²) in [5.41, 5.74) is 2.36. The van der Waals surface area contributed by atoms with E-state index in [2.05, 4.69) is 35.2 Å². The average molecular weight is 294 g/mol. The second kappa shape index (κ2) is 8.33. The lowest BCUT2D eigenvalue weighted by molar-refractivity contribution is 0.0880. The van der Waals surface area contributed by atoms with Gasteiger partial charge in [0.05, 0.1) is 18.6 Å². The van der Waals surface area contributed by atoms with Crippen LogP contribution in [-0.4, -0.2) is 22.7 Å². The summed E-state index contributed by atoms with van der Waals surface area (Å²) in [6.45, 7) is 3.28. The molecule has 2 aromatic carbocycles. The first-order valence-electron chi connectivity index (χ1n) is 7.57. The average Bonchev–Trinajstić information content (AvgIpc) is 2.57. The minimum Gasteiger partial charge on any atom is -0.395 e. The normalized spacial score (nSPS) is 13.5. The van der Waals surface area contributed by atoms with Crippen molar-refractivity contribution in [2.45, 2.75) is 26.1 Å². The fraction of sp³-hybridized carbons (Fsp3) is 0.316. The van der Waals surface area contributed by atoms with E-state index in [0.29, 0.717) is 13.1 Å². The van der Waals surface area contributed by atoms with Crippen molar-refractivity contribution in [2.24, 2.45) is 5.92 Å². The van der Waals surface area contributed by atoms with Crippen molar-refractivity contribution in [1.82, 2.24) is 4.90 Å². The van der Waals surface area contributed by atoms with E-state index >= 15 is 0 Å². The molecule has 0 unspecified atom stereocenters. The van der Waals surface area contributed by atoms with E-state index in [1.54, 1.807) is 0 Å². The van der Waals surface area contributed by atoms with E-state index < -0.39 is 0 Å². The predicted octanol–water partition coefficient (Wildman–Crippen LogP) is 3.21. The molecule has 114 valence electrons. The summed E-state index contributed by atoms with van der Waals surface area (Å²) < 4.78 is 0. The molecule has 2 aromatic rings. The Morgan fingerprint density at radius 3 is 1.77 bits per heavy atom. The zero-order valence-electron chi connectivity index (χ0n) is 12.9. The van der Waals surface area contributed by atoms with Gasteiger partial charge in [-0.15, -0.1) is 0 Å². The maximum atomic E-state index is 9.76. The third-order valence-corrected chi connectivity index (χ3v) is 3.89. The van der Waals surface area contributed by atoms with Gasteiger partial charge in [-0.25, -0.2) is 0 Å². The lowest BCUT2D eigenvalue weighted by Crippen LogP contribution is -2.41. The van der Waals surface area contributed by atoms with Crippen LogP contribution in [0.2, 0.25) is 0 Å². The highest BCUT2D eigenvalue weighted by molar-refractivity contribution is 5.17. The van der Waals surface area contributed by atoms with Gasteiger partial charge in [0.1, 0.15) is 0 Å². The maximum absolute atomic E-state index is 9.76. The van der Waals surface area contributed by atoms with E-state index in [1.165, 1.54) is 11.1 Å². The standard InChI is InChI=1S/C19H22N2O/c1-16(12-20)19(15-22)21(13-17-8-4-2-5-9-17)14-18-10-6-3-7-11-18/h2-11,16,19,22H,13-15H2,1H3/t16-,19+/m1/s1. The largest absolute Gasteiger partial charge is 0.395 e. The highest BCUT2D eigenvalue weighted by Crippen LogP contribution is 2.18. The molecule has 0 aliphatic rings. The van der Waals surface area contributed by atoms with Gasteiger partial charge in [0, 0.05) is 19.1 Å². The minimum atomic E-state index is -0.225.